The molecule has 0 radical (unpaired) electrons. The van der Waals surface area contributed by atoms with Crippen LogP contribution in [-0.4, -0.2) is 28.2 Å². The van der Waals surface area contributed by atoms with E-state index in [1.54, 1.807) is 0 Å². The number of hydrogen-bond acceptors (Lipinski definition) is 3. The van der Waals surface area contributed by atoms with E-state index in [4.69, 9.17) is 0 Å². The Bertz CT molecular complexity index is 900. The summed E-state index contributed by atoms with van der Waals surface area (Å²) in [6.45, 7) is 18.5. The van der Waals surface area contributed by atoms with E-state index in [9.17, 15) is 15.0 Å². The van der Waals surface area contributed by atoms with Crippen LogP contribution in [0.25, 0.3) is 0 Å². The van der Waals surface area contributed by atoms with Gasteiger partial charge in [0, 0.05) is 10.8 Å². The number of allylic oxidation sites excluding steroid dienone is 1. The topological polar surface area (TPSA) is 57.5 Å². The lowest BCUT2D eigenvalue weighted by molar-refractivity contribution is -0.219. The molecule has 5 aliphatic rings. The highest BCUT2D eigenvalue weighted by molar-refractivity contribution is 5.92. The number of ketones is 1. The fourth-order valence-corrected chi connectivity index (χ4v) is 10.4. The Morgan fingerprint density at radius 2 is 1.52 bits per heavy atom. The number of carbonyl (C=O) groups excluding carboxylic acids is 1. The third kappa shape index (κ3) is 2.73. The summed E-state index contributed by atoms with van der Waals surface area (Å²) in [5.74, 6) is 1.25. The average molecular weight is 457 g/mol. The summed E-state index contributed by atoms with van der Waals surface area (Å²) < 4.78 is 0. The van der Waals surface area contributed by atoms with E-state index in [0.29, 0.717) is 11.8 Å². The van der Waals surface area contributed by atoms with Gasteiger partial charge in [0.25, 0.3) is 0 Å². The molecule has 0 aromatic rings. The lowest BCUT2D eigenvalue weighted by Crippen LogP contribution is -2.69. The molecule has 2 N–H and O–H groups in total. The molecule has 33 heavy (non-hydrogen) atoms. The molecule has 0 aromatic heterocycles. The van der Waals surface area contributed by atoms with Crippen LogP contribution < -0.4 is 0 Å². The van der Waals surface area contributed by atoms with Crippen LogP contribution >= 0.6 is 0 Å². The van der Waals surface area contributed by atoms with Gasteiger partial charge < -0.3 is 10.2 Å². The lowest BCUT2D eigenvalue weighted by Gasteiger charge is -2.71. The van der Waals surface area contributed by atoms with Crippen molar-refractivity contribution in [3.05, 3.63) is 11.6 Å². The molecule has 0 saturated heterocycles. The number of Topliss-reactive ketones (excluding diaryl/α,β-unsaturated/α-hetero) is 1. The maximum atomic E-state index is 14.0. The number of fused-ring (bicyclic) bond motifs is 7. The molecule has 0 unspecified atom stereocenters. The number of aliphatic hydroxyl groups is 2. The molecule has 4 saturated carbocycles. The van der Waals surface area contributed by atoms with Crippen LogP contribution in [0.2, 0.25) is 0 Å². The van der Waals surface area contributed by atoms with Gasteiger partial charge in [-0.2, -0.15) is 0 Å². The van der Waals surface area contributed by atoms with E-state index >= 15 is 0 Å². The van der Waals surface area contributed by atoms with Crippen molar-refractivity contribution in [2.75, 3.05) is 0 Å². The zero-order valence-corrected chi connectivity index (χ0v) is 22.4. The number of aliphatic hydroxyl groups excluding tert-OH is 2. The average Bonchev–Trinajstić information content (AvgIpc) is 2.72. The molecular weight excluding hydrogens is 408 g/mol. The summed E-state index contributed by atoms with van der Waals surface area (Å²) in [5.41, 5.74) is 0.626. The molecule has 9 atom stereocenters. The Balaban J connectivity index is 1.64. The Hall–Kier alpha value is -0.670. The predicted octanol–water partition coefficient (Wildman–Crippen LogP) is 6.32. The second kappa shape index (κ2) is 6.75. The van der Waals surface area contributed by atoms with Crippen LogP contribution in [-0.2, 0) is 4.79 Å². The number of rotatable bonds is 0. The monoisotopic (exact) mass is 456 g/mol. The highest BCUT2D eigenvalue weighted by atomic mass is 16.3. The second-order valence-electron chi connectivity index (χ2n) is 15.1. The minimum Gasteiger partial charge on any atom is -0.393 e. The van der Waals surface area contributed by atoms with Crippen molar-refractivity contribution in [3.63, 3.8) is 0 Å². The van der Waals surface area contributed by atoms with Gasteiger partial charge in [0.2, 0.25) is 0 Å². The molecule has 3 nitrogen and oxygen atoms in total. The van der Waals surface area contributed by atoms with Crippen molar-refractivity contribution in [1.29, 1.82) is 0 Å². The fourth-order valence-electron chi connectivity index (χ4n) is 10.4. The third-order valence-corrected chi connectivity index (χ3v) is 13.0. The highest BCUT2D eigenvalue weighted by Gasteiger charge is 2.72. The fraction of sp³-hybridized carbons (Fsp3) is 0.900. The molecule has 5 rings (SSSR count). The van der Waals surface area contributed by atoms with Gasteiger partial charge in [-0.3, -0.25) is 4.79 Å². The SMILES string of the molecule is CC1(C)CC[C@]2(C)C(=O)[C@H](O)[C@]3(C)C(=CC[C@@H]4[C@]5(C)CC[C@H](O)C(C)(C)[C@H]5CC[C@]43C)[C@H]2C1. The molecular formula is C30H48O3. The number of carbonyl (C=O) groups is 1. The second-order valence-corrected chi connectivity index (χ2v) is 15.1. The third-order valence-electron chi connectivity index (χ3n) is 13.0. The first-order valence-corrected chi connectivity index (χ1v) is 13.7. The van der Waals surface area contributed by atoms with Crippen molar-refractivity contribution in [1.82, 2.24) is 0 Å². The van der Waals surface area contributed by atoms with E-state index in [2.05, 4.69) is 61.5 Å². The normalized spacial score (nSPS) is 54.9. The molecule has 5 aliphatic carbocycles. The van der Waals surface area contributed by atoms with Crippen LogP contribution in [0.3, 0.4) is 0 Å². The first kappa shape index (κ1) is 24.0. The maximum absolute atomic E-state index is 14.0. The van der Waals surface area contributed by atoms with E-state index in [-0.39, 0.29) is 39.5 Å². The molecule has 4 fully saturated rings. The Labute approximate surface area is 201 Å². The Morgan fingerprint density at radius 3 is 2.18 bits per heavy atom. The van der Waals surface area contributed by atoms with Gasteiger partial charge in [-0.1, -0.05) is 67.0 Å². The summed E-state index contributed by atoms with van der Waals surface area (Å²) >= 11 is 0. The van der Waals surface area contributed by atoms with Crippen molar-refractivity contribution in [2.45, 2.75) is 119 Å². The van der Waals surface area contributed by atoms with Crippen molar-refractivity contribution < 1.29 is 15.0 Å². The number of hydrogen-bond donors (Lipinski definition) is 2. The van der Waals surface area contributed by atoms with Crippen LogP contribution in [0, 0.1) is 50.2 Å². The van der Waals surface area contributed by atoms with Gasteiger partial charge in [0.1, 0.15) is 6.10 Å². The Kier molecular flexibility index (Phi) is 4.92. The first-order chi connectivity index (χ1) is 15.1. The molecule has 0 bridgehead atoms. The van der Waals surface area contributed by atoms with E-state index in [1.165, 1.54) is 5.57 Å². The minimum atomic E-state index is -0.915. The summed E-state index contributed by atoms with van der Waals surface area (Å²) in [6.07, 6.45) is 9.38. The van der Waals surface area contributed by atoms with E-state index in [0.717, 1.165) is 51.4 Å². The van der Waals surface area contributed by atoms with E-state index < -0.39 is 16.9 Å². The standard InChI is InChI=1S/C30H48O3/c1-25(2)15-16-27(5)19(17-25)18-9-10-21-28(6)13-12-22(31)26(3,4)20(28)11-14-29(21,7)30(18,8)24(33)23(27)32/h9,19-22,24,31,33H,10-17H2,1-8H3/t19-,20-,21-,22+,24+,27+,28-,29-,30+/m1/s1. The smallest absolute Gasteiger partial charge is 0.168 e. The molecule has 3 heteroatoms. The van der Waals surface area contributed by atoms with Crippen LogP contribution in [0.5, 0.6) is 0 Å². The van der Waals surface area contributed by atoms with Gasteiger partial charge in [-0.05, 0) is 90.8 Å². The molecule has 0 aromatic carbocycles. The zero-order valence-electron chi connectivity index (χ0n) is 22.4. The predicted molar refractivity (Wildman–Crippen MR) is 132 cm³/mol. The van der Waals surface area contributed by atoms with E-state index in [1.807, 2.05) is 0 Å². The summed E-state index contributed by atoms with van der Waals surface area (Å²) in [7, 11) is 0. The van der Waals surface area contributed by atoms with Crippen LogP contribution in [0.1, 0.15) is 107 Å². The largest absolute Gasteiger partial charge is 0.393 e. The molecule has 0 heterocycles. The van der Waals surface area contributed by atoms with Crippen LogP contribution in [0.4, 0.5) is 0 Å². The highest BCUT2D eigenvalue weighted by Crippen LogP contribution is 2.75. The van der Waals surface area contributed by atoms with Gasteiger partial charge in [0.15, 0.2) is 5.78 Å². The van der Waals surface area contributed by atoms with Crippen LogP contribution in [0.15, 0.2) is 11.6 Å². The van der Waals surface area contributed by atoms with Gasteiger partial charge >= 0.3 is 0 Å². The lowest BCUT2D eigenvalue weighted by atomic mass is 9.33. The van der Waals surface area contributed by atoms with Crippen molar-refractivity contribution in [3.8, 4) is 0 Å². The molecule has 0 amide bonds. The van der Waals surface area contributed by atoms with Crippen molar-refractivity contribution >= 4 is 5.78 Å². The minimum absolute atomic E-state index is 0.0911. The zero-order chi connectivity index (χ0) is 24.4. The van der Waals surface area contributed by atoms with Crippen molar-refractivity contribution in [2.24, 2.45) is 50.2 Å². The van der Waals surface area contributed by atoms with Gasteiger partial charge in [-0.15, -0.1) is 0 Å². The quantitative estimate of drug-likeness (QED) is 0.419. The molecule has 0 spiro atoms. The summed E-state index contributed by atoms with van der Waals surface area (Å²) in [6, 6.07) is 0. The molecule has 186 valence electrons. The summed E-state index contributed by atoms with van der Waals surface area (Å²) in [5, 5.41) is 22.7. The van der Waals surface area contributed by atoms with Gasteiger partial charge in [0.05, 0.1) is 6.10 Å². The Morgan fingerprint density at radius 1 is 0.848 bits per heavy atom. The summed E-state index contributed by atoms with van der Waals surface area (Å²) in [4.78, 5) is 14.0. The maximum Gasteiger partial charge on any atom is 0.168 e. The van der Waals surface area contributed by atoms with Gasteiger partial charge in [-0.25, -0.2) is 0 Å². The molecule has 0 aliphatic heterocycles. The first-order valence-electron chi connectivity index (χ1n) is 13.7.